The highest BCUT2D eigenvalue weighted by molar-refractivity contribution is 5.89. The first-order valence-electron chi connectivity index (χ1n) is 6.41. The summed E-state index contributed by atoms with van der Waals surface area (Å²) in [6, 6.07) is 7.07. The quantitative estimate of drug-likeness (QED) is 0.739. The summed E-state index contributed by atoms with van der Waals surface area (Å²) in [5, 5.41) is 17.7. The Morgan fingerprint density at radius 3 is 2.68 bits per heavy atom. The van der Waals surface area contributed by atoms with Crippen molar-refractivity contribution in [2.45, 2.75) is 25.7 Å². The number of aliphatic hydroxyl groups is 1. The van der Waals surface area contributed by atoms with E-state index in [4.69, 9.17) is 10.2 Å². The van der Waals surface area contributed by atoms with Crippen LogP contribution in [0.2, 0.25) is 0 Å². The molecule has 0 heterocycles. The highest BCUT2D eigenvalue weighted by atomic mass is 16.4. The third-order valence-corrected chi connectivity index (χ3v) is 2.84. The van der Waals surface area contributed by atoms with Crippen LogP contribution in [0.25, 0.3) is 0 Å². The molecule has 0 spiro atoms. The smallest absolute Gasteiger partial charge is 0.335 e. The molecule has 0 aromatic heterocycles. The summed E-state index contributed by atoms with van der Waals surface area (Å²) in [7, 11) is 0. The Morgan fingerprint density at radius 1 is 1.26 bits per heavy atom. The summed E-state index contributed by atoms with van der Waals surface area (Å²) in [4.78, 5) is 11.1. The van der Waals surface area contributed by atoms with Crippen LogP contribution in [0.4, 0.5) is 0 Å². The summed E-state index contributed by atoms with van der Waals surface area (Å²) in [6.07, 6.45) is 9.40. The van der Waals surface area contributed by atoms with E-state index >= 15 is 0 Å². The standard InChI is InChI=1S/C16H20O3/c1-13(9-5-3-2-4-8-12-17)14-10-6-7-11-15(14)16(18)19/h2,4-7,9-11,13,17H,3,8,12H2,1H3,(H,18,19). The Kier molecular flexibility index (Phi) is 6.61. The lowest BCUT2D eigenvalue weighted by atomic mass is 9.95. The van der Waals surface area contributed by atoms with Crippen LogP contribution in [-0.4, -0.2) is 22.8 Å². The van der Waals surface area contributed by atoms with Crippen molar-refractivity contribution in [2.24, 2.45) is 0 Å². The predicted molar refractivity (Wildman–Crippen MR) is 76.4 cm³/mol. The van der Waals surface area contributed by atoms with Gasteiger partial charge < -0.3 is 10.2 Å². The molecule has 1 rings (SSSR count). The zero-order valence-corrected chi connectivity index (χ0v) is 11.1. The largest absolute Gasteiger partial charge is 0.478 e. The van der Waals surface area contributed by atoms with Gasteiger partial charge in [0, 0.05) is 6.61 Å². The highest BCUT2D eigenvalue weighted by Gasteiger charge is 2.12. The van der Waals surface area contributed by atoms with Gasteiger partial charge in [0.25, 0.3) is 0 Å². The zero-order valence-electron chi connectivity index (χ0n) is 11.1. The number of aliphatic hydroxyl groups excluding tert-OH is 1. The second-order valence-corrected chi connectivity index (χ2v) is 4.33. The fraction of sp³-hybridized carbons (Fsp3) is 0.312. The molecule has 3 nitrogen and oxygen atoms in total. The molecule has 1 unspecified atom stereocenters. The van der Waals surface area contributed by atoms with Gasteiger partial charge in [-0.15, -0.1) is 0 Å². The van der Waals surface area contributed by atoms with Crippen LogP contribution < -0.4 is 0 Å². The third-order valence-electron chi connectivity index (χ3n) is 2.84. The van der Waals surface area contributed by atoms with Crippen LogP contribution in [0.3, 0.4) is 0 Å². The monoisotopic (exact) mass is 260 g/mol. The van der Waals surface area contributed by atoms with Crippen molar-refractivity contribution in [3.63, 3.8) is 0 Å². The maximum Gasteiger partial charge on any atom is 0.335 e. The van der Waals surface area contributed by atoms with Crippen LogP contribution in [-0.2, 0) is 0 Å². The Labute approximate surface area is 113 Å². The van der Waals surface area contributed by atoms with Gasteiger partial charge in [-0.3, -0.25) is 0 Å². The molecule has 0 aliphatic rings. The molecule has 0 bridgehead atoms. The van der Waals surface area contributed by atoms with E-state index in [0.717, 1.165) is 12.0 Å². The van der Waals surface area contributed by atoms with Gasteiger partial charge in [-0.2, -0.15) is 0 Å². The molecule has 0 amide bonds. The van der Waals surface area contributed by atoms with Crippen LogP contribution in [0.1, 0.15) is 41.6 Å². The number of hydrogen-bond acceptors (Lipinski definition) is 2. The van der Waals surface area contributed by atoms with E-state index < -0.39 is 5.97 Å². The van der Waals surface area contributed by atoms with Crippen LogP contribution >= 0.6 is 0 Å². The van der Waals surface area contributed by atoms with Crippen molar-refractivity contribution in [1.82, 2.24) is 0 Å². The molecule has 19 heavy (non-hydrogen) atoms. The Bertz CT molecular complexity index is 461. The molecule has 1 atom stereocenters. The lowest BCUT2D eigenvalue weighted by molar-refractivity contribution is 0.0695. The maximum absolute atomic E-state index is 11.1. The van der Waals surface area contributed by atoms with Crippen LogP contribution in [0.15, 0.2) is 48.6 Å². The molecule has 0 aliphatic heterocycles. The predicted octanol–water partition coefficient (Wildman–Crippen LogP) is 3.37. The van der Waals surface area contributed by atoms with Crippen LogP contribution in [0, 0.1) is 0 Å². The fourth-order valence-corrected chi connectivity index (χ4v) is 1.84. The molecule has 0 saturated heterocycles. The van der Waals surface area contributed by atoms with E-state index in [1.54, 1.807) is 12.1 Å². The minimum atomic E-state index is -0.890. The van der Waals surface area contributed by atoms with Gasteiger partial charge in [-0.05, 0) is 30.4 Å². The van der Waals surface area contributed by atoms with E-state index in [9.17, 15) is 4.79 Å². The average molecular weight is 260 g/mol. The molecule has 0 saturated carbocycles. The number of allylic oxidation sites excluding steroid dienone is 3. The van der Waals surface area contributed by atoms with Gasteiger partial charge in [0.15, 0.2) is 0 Å². The number of hydrogen-bond donors (Lipinski definition) is 2. The average Bonchev–Trinajstić information content (AvgIpc) is 2.42. The summed E-state index contributed by atoms with van der Waals surface area (Å²) in [6.45, 7) is 2.15. The van der Waals surface area contributed by atoms with Crippen molar-refractivity contribution in [3.8, 4) is 0 Å². The minimum absolute atomic E-state index is 0.0681. The molecule has 0 radical (unpaired) electrons. The van der Waals surface area contributed by atoms with Gasteiger partial charge in [0.2, 0.25) is 0 Å². The van der Waals surface area contributed by atoms with Crippen molar-refractivity contribution < 1.29 is 15.0 Å². The summed E-state index contributed by atoms with van der Waals surface area (Å²) in [5.74, 6) is -0.822. The second-order valence-electron chi connectivity index (χ2n) is 4.33. The molecule has 1 aromatic rings. The van der Waals surface area contributed by atoms with E-state index in [2.05, 4.69) is 0 Å². The Balaban J connectivity index is 2.65. The highest BCUT2D eigenvalue weighted by Crippen LogP contribution is 2.21. The van der Waals surface area contributed by atoms with Gasteiger partial charge in [0.1, 0.15) is 0 Å². The molecule has 102 valence electrons. The number of carboxylic acid groups (broad SMARTS) is 1. The number of carbonyl (C=O) groups is 1. The molecular weight excluding hydrogens is 240 g/mol. The van der Waals surface area contributed by atoms with E-state index in [1.165, 1.54) is 0 Å². The van der Waals surface area contributed by atoms with Gasteiger partial charge in [-0.1, -0.05) is 49.4 Å². The lowest BCUT2D eigenvalue weighted by Crippen LogP contribution is -2.03. The van der Waals surface area contributed by atoms with E-state index in [1.807, 2.05) is 43.4 Å². The molecule has 0 aliphatic carbocycles. The summed E-state index contributed by atoms with van der Waals surface area (Å²) >= 11 is 0. The van der Waals surface area contributed by atoms with Crippen LogP contribution in [0.5, 0.6) is 0 Å². The van der Waals surface area contributed by atoms with Crippen molar-refractivity contribution >= 4 is 5.97 Å². The third kappa shape index (κ3) is 5.10. The van der Waals surface area contributed by atoms with E-state index in [0.29, 0.717) is 12.0 Å². The second kappa shape index (κ2) is 8.27. The van der Waals surface area contributed by atoms with Gasteiger partial charge in [0.05, 0.1) is 5.56 Å². The number of carboxylic acids is 1. The van der Waals surface area contributed by atoms with Gasteiger partial charge in [-0.25, -0.2) is 4.79 Å². The minimum Gasteiger partial charge on any atom is -0.478 e. The molecular formula is C16H20O3. The number of aromatic carboxylic acids is 1. The van der Waals surface area contributed by atoms with Crippen molar-refractivity contribution in [2.75, 3.05) is 6.61 Å². The number of benzene rings is 1. The maximum atomic E-state index is 11.1. The van der Waals surface area contributed by atoms with Crippen molar-refractivity contribution in [1.29, 1.82) is 0 Å². The first-order valence-corrected chi connectivity index (χ1v) is 6.41. The van der Waals surface area contributed by atoms with Gasteiger partial charge >= 0.3 is 5.97 Å². The Hall–Kier alpha value is -1.87. The topological polar surface area (TPSA) is 57.5 Å². The fourth-order valence-electron chi connectivity index (χ4n) is 1.84. The first-order chi connectivity index (χ1) is 9.16. The molecule has 3 heteroatoms. The van der Waals surface area contributed by atoms with Crippen molar-refractivity contribution in [3.05, 3.63) is 59.7 Å². The normalized spacial score (nSPS) is 13.2. The zero-order chi connectivity index (χ0) is 14.1. The molecule has 0 fully saturated rings. The first kappa shape index (κ1) is 15.2. The SMILES string of the molecule is CC(C=CCC=CCCO)c1ccccc1C(=O)O. The molecule has 1 aromatic carbocycles. The number of rotatable bonds is 7. The van der Waals surface area contributed by atoms with E-state index in [-0.39, 0.29) is 12.5 Å². The summed E-state index contributed by atoms with van der Waals surface area (Å²) in [5.41, 5.74) is 1.18. The Morgan fingerprint density at radius 2 is 2.00 bits per heavy atom. The summed E-state index contributed by atoms with van der Waals surface area (Å²) < 4.78 is 0. The molecule has 2 N–H and O–H groups in total. The lowest BCUT2D eigenvalue weighted by Gasteiger charge is -2.10.